The van der Waals surface area contributed by atoms with Gasteiger partial charge in [-0.25, -0.2) is 4.79 Å². The standard InChI is InChI=1S/C19H17NO5/c1-25-17-12-13(10-11-16(17)21)6-2-5-9-18(22)20-15-8-4-3-7-14(15)19(23)24/h2-12,21H,1H3,(H,20,22)(H,23,24). The molecule has 2 aromatic carbocycles. The molecule has 0 saturated carbocycles. The molecule has 0 unspecified atom stereocenters. The highest BCUT2D eigenvalue weighted by Crippen LogP contribution is 2.26. The topological polar surface area (TPSA) is 95.9 Å². The van der Waals surface area contributed by atoms with Crippen molar-refractivity contribution in [1.29, 1.82) is 0 Å². The van der Waals surface area contributed by atoms with E-state index in [1.807, 2.05) is 0 Å². The number of hydrogen-bond donors (Lipinski definition) is 3. The van der Waals surface area contributed by atoms with Crippen molar-refractivity contribution in [3.05, 3.63) is 71.8 Å². The Morgan fingerprint density at radius 3 is 2.60 bits per heavy atom. The number of phenols is 1. The number of carbonyl (C=O) groups excluding carboxylic acids is 1. The van der Waals surface area contributed by atoms with Gasteiger partial charge in [0.1, 0.15) is 0 Å². The van der Waals surface area contributed by atoms with Crippen molar-refractivity contribution in [3.8, 4) is 11.5 Å². The summed E-state index contributed by atoms with van der Waals surface area (Å²) in [6.45, 7) is 0. The van der Waals surface area contributed by atoms with Crippen LogP contribution in [0.4, 0.5) is 5.69 Å². The van der Waals surface area contributed by atoms with Gasteiger partial charge in [0.25, 0.3) is 0 Å². The van der Waals surface area contributed by atoms with E-state index in [2.05, 4.69) is 5.32 Å². The van der Waals surface area contributed by atoms with Crippen LogP contribution >= 0.6 is 0 Å². The Balaban J connectivity index is 2.00. The first-order chi connectivity index (χ1) is 12.0. The summed E-state index contributed by atoms with van der Waals surface area (Å²) in [6, 6.07) is 11.0. The quantitative estimate of drug-likeness (QED) is 0.554. The molecule has 0 aliphatic rings. The maximum absolute atomic E-state index is 11.9. The first kappa shape index (κ1) is 17.8. The van der Waals surface area contributed by atoms with Crippen molar-refractivity contribution < 1.29 is 24.5 Å². The van der Waals surface area contributed by atoms with Crippen LogP contribution < -0.4 is 10.1 Å². The molecule has 0 atom stereocenters. The van der Waals surface area contributed by atoms with Gasteiger partial charge < -0.3 is 20.3 Å². The van der Waals surface area contributed by atoms with Crippen LogP contribution in [0, 0.1) is 0 Å². The molecular formula is C19H17NO5. The maximum Gasteiger partial charge on any atom is 0.337 e. The van der Waals surface area contributed by atoms with E-state index in [0.717, 1.165) is 5.56 Å². The van der Waals surface area contributed by atoms with Gasteiger partial charge in [0, 0.05) is 6.08 Å². The Hall–Kier alpha value is -3.54. The van der Waals surface area contributed by atoms with Crippen LogP contribution in [0.3, 0.4) is 0 Å². The summed E-state index contributed by atoms with van der Waals surface area (Å²) in [5.41, 5.74) is 1.05. The first-order valence-electron chi connectivity index (χ1n) is 7.36. The first-order valence-corrected chi connectivity index (χ1v) is 7.36. The van der Waals surface area contributed by atoms with E-state index in [1.165, 1.54) is 37.5 Å². The van der Waals surface area contributed by atoms with Crippen molar-refractivity contribution in [3.63, 3.8) is 0 Å². The molecule has 0 aromatic heterocycles. The number of rotatable bonds is 6. The molecule has 25 heavy (non-hydrogen) atoms. The highest BCUT2D eigenvalue weighted by atomic mass is 16.5. The Morgan fingerprint density at radius 2 is 1.88 bits per heavy atom. The lowest BCUT2D eigenvalue weighted by Gasteiger charge is -2.05. The van der Waals surface area contributed by atoms with Gasteiger partial charge >= 0.3 is 5.97 Å². The van der Waals surface area contributed by atoms with Gasteiger partial charge in [0.2, 0.25) is 5.91 Å². The molecule has 2 aromatic rings. The molecule has 2 rings (SSSR count). The minimum absolute atomic E-state index is 0.0241. The summed E-state index contributed by atoms with van der Waals surface area (Å²) in [7, 11) is 1.46. The number of anilines is 1. The van der Waals surface area contributed by atoms with Crippen molar-refractivity contribution in [2.45, 2.75) is 0 Å². The van der Waals surface area contributed by atoms with E-state index >= 15 is 0 Å². The van der Waals surface area contributed by atoms with Gasteiger partial charge in [-0.1, -0.05) is 36.4 Å². The van der Waals surface area contributed by atoms with E-state index in [1.54, 1.807) is 36.4 Å². The number of nitrogens with one attached hydrogen (secondary N) is 1. The molecular weight excluding hydrogens is 322 g/mol. The van der Waals surface area contributed by atoms with E-state index in [-0.39, 0.29) is 17.0 Å². The summed E-state index contributed by atoms with van der Waals surface area (Å²) in [5.74, 6) is -1.15. The average Bonchev–Trinajstić information content (AvgIpc) is 2.60. The Morgan fingerprint density at radius 1 is 1.12 bits per heavy atom. The summed E-state index contributed by atoms with van der Waals surface area (Å²) in [6.07, 6.45) is 6.19. The number of carboxylic acid groups (broad SMARTS) is 1. The number of para-hydroxylation sites is 1. The lowest BCUT2D eigenvalue weighted by atomic mass is 10.1. The van der Waals surface area contributed by atoms with Gasteiger partial charge in [0.15, 0.2) is 11.5 Å². The van der Waals surface area contributed by atoms with Crippen LogP contribution in [0.25, 0.3) is 6.08 Å². The molecule has 0 aliphatic heterocycles. The Bertz CT molecular complexity index is 839. The molecule has 0 spiro atoms. The molecule has 0 bridgehead atoms. The lowest BCUT2D eigenvalue weighted by Crippen LogP contribution is -2.11. The van der Waals surface area contributed by atoms with Crippen molar-refractivity contribution in [1.82, 2.24) is 0 Å². The third-order valence-corrected chi connectivity index (χ3v) is 3.27. The van der Waals surface area contributed by atoms with Crippen LogP contribution in [0.2, 0.25) is 0 Å². The fraction of sp³-hybridized carbons (Fsp3) is 0.0526. The second kappa shape index (κ2) is 8.35. The number of aromatic carboxylic acids is 1. The summed E-state index contributed by atoms with van der Waals surface area (Å²) < 4.78 is 5.01. The largest absolute Gasteiger partial charge is 0.504 e. The zero-order valence-corrected chi connectivity index (χ0v) is 13.5. The molecule has 3 N–H and O–H groups in total. The molecule has 1 amide bonds. The van der Waals surface area contributed by atoms with Gasteiger partial charge in [-0.15, -0.1) is 0 Å². The minimum atomic E-state index is -1.11. The Kier molecular flexibility index (Phi) is 5.95. The van der Waals surface area contributed by atoms with Crippen LogP contribution in [0.5, 0.6) is 11.5 Å². The smallest absolute Gasteiger partial charge is 0.337 e. The zero-order valence-electron chi connectivity index (χ0n) is 13.5. The number of ether oxygens (including phenoxy) is 1. The van der Waals surface area contributed by atoms with Crippen LogP contribution in [0.15, 0.2) is 60.7 Å². The third kappa shape index (κ3) is 4.97. The van der Waals surface area contributed by atoms with Crippen molar-refractivity contribution in [2.75, 3.05) is 12.4 Å². The predicted molar refractivity (Wildman–Crippen MR) is 94.9 cm³/mol. The number of allylic oxidation sites excluding steroid dienone is 2. The highest BCUT2D eigenvalue weighted by Gasteiger charge is 2.09. The lowest BCUT2D eigenvalue weighted by molar-refractivity contribution is -0.111. The monoisotopic (exact) mass is 339 g/mol. The molecule has 0 saturated heterocycles. The van der Waals surface area contributed by atoms with Gasteiger partial charge in [0.05, 0.1) is 18.4 Å². The maximum atomic E-state index is 11.9. The molecule has 128 valence electrons. The number of hydrogen-bond acceptors (Lipinski definition) is 4. The molecule has 0 aliphatic carbocycles. The van der Waals surface area contributed by atoms with Crippen LogP contribution in [-0.4, -0.2) is 29.2 Å². The number of benzene rings is 2. The number of methoxy groups -OCH3 is 1. The van der Waals surface area contributed by atoms with Crippen molar-refractivity contribution >= 4 is 23.6 Å². The highest BCUT2D eigenvalue weighted by molar-refractivity contribution is 6.04. The molecule has 0 heterocycles. The van der Waals surface area contributed by atoms with Crippen LogP contribution in [0.1, 0.15) is 15.9 Å². The zero-order chi connectivity index (χ0) is 18.2. The second-order valence-electron chi connectivity index (χ2n) is 4.99. The van der Waals surface area contributed by atoms with Gasteiger partial charge in [-0.3, -0.25) is 4.79 Å². The number of amides is 1. The van der Waals surface area contributed by atoms with Gasteiger partial charge in [-0.2, -0.15) is 0 Å². The SMILES string of the molecule is COc1cc(C=CC=CC(=O)Nc2ccccc2C(=O)O)ccc1O. The molecule has 0 fully saturated rings. The number of carboxylic acids is 1. The van der Waals surface area contributed by atoms with E-state index in [4.69, 9.17) is 9.84 Å². The third-order valence-electron chi connectivity index (χ3n) is 3.27. The minimum Gasteiger partial charge on any atom is -0.504 e. The van der Waals surface area contributed by atoms with E-state index < -0.39 is 11.9 Å². The fourth-order valence-electron chi connectivity index (χ4n) is 2.06. The molecule has 6 heteroatoms. The van der Waals surface area contributed by atoms with Gasteiger partial charge in [-0.05, 0) is 29.8 Å². The summed E-state index contributed by atoms with van der Waals surface area (Å²) >= 11 is 0. The summed E-state index contributed by atoms with van der Waals surface area (Å²) in [4.78, 5) is 23.0. The van der Waals surface area contributed by atoms with Crippen LogP contribution in [-0.2, 0) is 4.79 Å². The normalized spacial score (nSPS) is 10.9. The molecule has 0 radical (unpaired) electrons. The van der Waals surface area contributed by atoms with Crippen molar-refractivity contribution in [2.24, 2.45) is 0 Å². The van der Waals surface area contributed by atoms with E-state index in [9.17, 15) is 14.7 Å². The molecule has 6 nitrogen and oxygen atoms in total. The average molecular weight is 339 g/mol. The second-order valence-corrected chi connectivity index (χ2v) is 4.99. The predicted octanol–water partition coefficient (Wildman–Crippen LogP) is 3.31. The number of aromatic hydroxyl groups is 1. The number of carbonyl (C=O) groups is 2. The Labute approximate surface area is 144 Å². The summed E-state index contributed by atoms with van der Waals surface area (Å²) in [5, 5.41) is 21.1. The fourth-order valence-corrected chi connectivity index (χ4v) is 2.06. The number of phenolic OH excluding ortho intramolecular Hbond substituents is 1. The van der Waals surface area contributed by atoms with E-state index in [0.29, 0.717) is 5.75 Å².